The van der Waals surface area contributed by atoms with Gasteiger partial charge in [0.15, 0.2) is 0 Å². The normalized spacial score (nSPS) is 24.8. The maximum atomic E-state index is 11.8. The van der Waals surface area contributed by atoms with Gasteiger partial charge in [-0.25, -0.2) is 8.42 Å². The first kappa shape index (κ1) is 19.6. The third-order valence-electron chi connectivity index (χ3n) is 4.90. The van der Waals surface area contributed by atoms with Gasteiger partial charge in [0.1, 0.15) is 6.54 Å². The molecular formula is C16H30N2O5S. The largest absolute Gasteiger partial charge is 0.480 e. The third-order valence-corrected chi connectivity index (χ3v) is 6.12. The van der Waals surface area contributed by atoms with Crippen molar-refractivity contribution in [2.75, 3.05) is 45.6 Å². The summed E-state index contributed by atoms with van der Waals surface area (Å²) >= 11 is 0. The van der Waals surface area contributed by atoms with Gasteiger partial charge in [-0.15, -0.1) is 0 Å². The Hall–Kier alpha value is -0.700. The zero-order valence-electron chi connectivity index (χ0n) is 14.5. The first-order valence-electron chi connectivity index (χ1n) is 8.85. The highest BCUT2D eigenvalue weighted by atomic mass is 32.2. The van der Waals surface area contributed by atoms with Gasteiger partial charge < -0.3 is 9.84 Å². The molecule has 1 unspecified atom stereocenters. The molecule has 0 radical (unpaired) electrons. The molecule has 1 atom stereocenters. The van der Waals surface area contributed by atoms with Crippen LogP contribution < -0.4 is 0 Å². The molecule has 2 aliphatic rings. The number of aliphatic carboxylic acids is 1. The number of rotatable bonds is 7. The zero-order valence-corrected chi connectivity index (χ0v) is 15.3. The lowest BCUT2D eigenvalue weighted by Gasteiger charge is -2.36. The van der Waals surface area contributed by atoms with Gasteiger partial charge in [-0.3, -0.25) is 9.69 Å². The summed E-state index contributed by atoms with van der Waals surface area (Å²) in [6.45, 7) is 2.74. The molecule has 2 rings (SSSR count). The van der Waals surface area contributed by atoms with Gasteiger partial charge in [0.2, 0.25) is 10.0 Å². The number of hydrogen-bond acceptors (Lipinski definition) is 5. The fourth-order valence-corrected chi connectivity index (χ4v) is 4.45. The SMILES string of the molecule is CS(=O)(=O)N(CC(=O)O)CC1CN(CC2CCCCCC2)CCO1. The lowest BCUT2D eigenvalue weighted by molar-refractivity contribution is -0.137. The molecule has 7 nitrogen and oxygen atoms in total. The van der Waals surface area contributed by atoms with Crippen molar-refractivity contribution >= 4 is 16.0 Å². The van der Waals surface area contributed by atoms with Crippen molar-refractivity contribution in [1.82, 2.24) is 9.21 Å². The van der Waals surface area contributed by atoms with Crippen molar-refractivity contribution in [3.05, 3.63) is 0 Å². The second-order valence-corrected chi connectivity index (χ2v) is 9.04. The summed E-state index contributed by atoms with van der Waals surface area (Å²) in [5.74, 6) is -0.428. The fraction of sp³-hybridized carbons (Fsp3) is 0.938. The first-order chi connectivity index (χ1) is 11.3. The van der Waals surface area contributed by atoms with Crippen molar-refractivity contribution < 1.29 is 23.1 Å². The van der Waals surface area contributed by atoms with Crippen LogP contribution in [0.3, 0.4) is 0 Å². The van der Waals surface area contributed by atoms with E-state index in [-0.39, 0.29) is 12.6 Å². The number of ether oxygens (including phenoxy) is 1. The molecular weight excluding hydrogens is 332 g/mol. The monoisotopic (exact) mass is 362 g/mol. The van der Waals surface area contributed by atoms with Crippen LogP contribution in [0.25, 0.3) is 0 Å². The molecule has 8 heteroatoms. The summed E-state index contributed by atoms with van der Waals surface area (Å²) in [6, 6.07) is 0. The maximum Gasteiger partial charge on any atom is 0.318 e. The highest BCUT2D eigenvalue weighted by Gasteiger charge is 2.29. The minimum Gasteiger partial charge on any atom is -0.480 e. The standard InChI is InChI=1S/C16H30N2O5S/c1-24(21,22)18(13-16(19)20)12-15-11-17(8-9-23-15)10-14-6-4-2-3-5-7-14/h14-15H,2-13H2,1H3,(H,19,20). The lowest BCUT2D eigenvalue weighted by Crippen LogP contribution is -2.50. The van der Waals surface area contributed by atoms with Gasteiger partial charge in [0.25, 0.3) is 0 Å². The summed E-state index contributed by atoms with van der Waals surface area (Å²) < 4.78 is 30.2. The predicted octanol–water partition coefficient (Wildman–Crippen LogP) is 1.00. The van der Waals surface area contributed by atoms with Crippen LogP contribution in [-0.2, 0) is 19.6 Å². The minimum atomic E-state index is -3.55. The quantitative estimate of drug-likeness (QED) is 0.680. The topological polar surface area (TPSA) is 87.2 Å². The van der Waals surface area contributed by atoms with Crippen molar-refractivity contribution in [3.63, 3.8) is 0 Å². The van der Waals surface area contributed by atoms with Gasteiger partial charge in [0.05, 0.1) is 19.0 Å². The summed E-state index contributed by atoms with van der Waals surface area (Å²) in [7, 11) is -3.55. The third kappa shape index (κ3) is 6.66. The molecule has 1 saturated heterocycles. The summed E-state index contributed by atoms with van der Waals surface area (Å²) in [4.78, 5) is 13.3. The number of carboxylic acids is 1. The van der Waals surface area contributed by atoms with Crippen LogP contribution in [-0.4, -0.2) is 80.4 Å². The van der Waals surface area contributed by atoms with E-state index < -0.39 is 22.5 Å². The van der Waals surface area contributed by atoms with Gasteiger partial charge in [-0.1, -0.05) is 25.7 Å². The minimum absolute atomic E-state index is 0.103. The molecule has 1 aliphatic heterocycles. The van der Waals surface area contributed by atoms with E-state index in [4.69, 9.17) is 9.84 Å². The Morgan fingerprint density at radius 3 is 2.50 bits per heavy atom. The number of sulfonamides is 1. The first-order valence-corrected chi connectivity index (χ1v) is 10.7. The van der Waals surface area contributed by atoms with E-state index in [0.29, 0.717) is 13.2 Å². The second-order valence-electron chi connectivity index (χ2n) is 7.06. The summed E-state index contributed by atoms with van der Waals surface area (Å²) in [6.07, 6.45) is 8.60. The predicted molar refractivity (Wildman–Crippen MR) is 91.4 cm³/mol. The average Bonchev–Trinajstić information content (AvgIpc) is 2.74. The Balaban J connectivity index is 1.87. The molecule has 1 aliphatic carbocycles. The second kappa shape index (κ2) is 9.12. The van der Waals surface area contributed by atoms with E-state index in [0.717, 1.165) is 29.6 Å². The Morgan fingerprint density at radius 2 is 1.92 bits per heavy atom. The molecule has 140 valence electrons. The highest BCUT2D eigenvalue weighted by Crippen LogP contribution is 2.24. The fourth-order valence-electron chi connectivity index (χ4n) is 3.66. The van der Waals surface area contributed by atoms with Gasteiger partial charge >= 0.3 is 5.97 Å². The Morgan fingerprint density at radius 1 is 1.25 bits per heavy atom. The molecule has 0 bridgehead atoms. The lowest BCUT2D eigenvalue weighted by atomic mass is 9.99. The number of hydrogen-bond donors (Lipinski definition) is 1. The highest BCUT2D eigenvalue weighted by molar-refractivity contribution is 7.88. The van der Waals surface area contributed by atoms with Crippen molar-refractivity contribution in [3.8, 4) is 0 Å². The average molecular weight is 362 g/mol. The number of carbonyl (C=O) groups is 1. The van der Waals surface area contributed by atoms with Crippen LogP contribution in [0.2, 0.25) is 0 Å². The van der Waals surface area contributed by atoms with Crippen LogP contribution in [0.1, 0.15) is 38.5 Å². The van der Waals surface area contributed by atoms with Crippen molar-refractivity contribution in [2.45, 2.75) is 44.6 Å². The molecule has 0 aromatic heterocycles. The molecule has 0 amide bonds. The number of morpholine rings is 1. The smallest absolute Gasteiger partial charge is 0.318 e. The van der Waals surface area contributed by atoms with E-state index in [2.05, 4.69) is 4.90 Å². The van der Waals surface area contributed by atoms with Crippen LogP contribution in [0.4, 0.5) is 0 Å². The van der Waals surface area contributed by atoms with E-state index in [1.807, 2.05) is 0 Å². The zero-order chi connectivity index (χ0) is 17.6. The van der Waals surface area contributed by atoms with Crippen molar-refractivity contribution in [1.29, 1.82) is 0 Å². The Bertz CT molecular complexity index is 503. The molecule has 24 heavy (non-hydrogen) atoms. The van der Waals surface area contributed by atoms with Crippen LogP contribution in [0.15, 0.2) is 0 Å². The van der Waals surface area contributed by atoms with Crippen LogP contribution in [0.5, 0.6) is 0 Å². The van der Waals surface area contributed by atoms with Gasteiger partial charge in [-0.05, 0) is 18.8 Å². The molecule has 2 fully saturated rings. The van der Waals surface area contributed by atoms with Crippen LogP contribution in [0, 0.1) is 5.92 Å². The van der Waals surface area contributed by atoms with E-state index in [1.54, 1.807) is 0 Å². The Kier molecular flexibility index (Phi) is 7.46. The molecule has 0 aromatic carbocycles. The summed E-state index contributed by atoms with van der Waals surface area (Å²) in [5.41, 5.74) is 0. The van der Waals surface area contributed by atoms with Gasteiger partial charge in [-0.2, -0.15) is 4.31 Å². The van der Waals surface area contributed by atoms with E-state index in [1.165, 1.54) is 38.5 Å². The molecule has 1 saturated carbocycles. The van der Waals surface area contributed by atoms with Gasteiger partial charge in [0, 0.05) is 26.2 Å². The summed E-state index contributed by atoms with van der Waals surface area (Å²) in [5, 5.41) is 8.91. The molecule has 1 heterocycles. The maximum absolute atomic E-state index is 11.8. The van der Waals surface area contributed by atoms with E-state index >= 15 is 0 Å². The number of nitrogens with zero attached hydrogens (tertiary/aromatic N) is 2. The molecule has 1 N–H and O–H groups in total. The Labute approximate surface area is 145 Å². The van der Waals surface area contributed by atoms with Crippen LogP contribution >= 0.6 is 0 Å². The molecule has 0 aromatic rings. The van der Waals surface area contributed by atoms with Crippen molar-refractivity contribution in [2.24, 2.45) is 5.92 Å². The number of carboxylic acid groups (broad SMARTS) is 1. The van der Waals surface area contributed by atoms with E-state index in [9.17, 15) is 13.2 Å². The molecule has 0 spiro atoms.